The van der Waals surface area contributed by atoms with Gasteiger partial charge in [-0.3, -0.25) is 9.59 Å². The van der Waals surface area contributed by atoms with Gasteiger partial charge in [-0.05, 0) is 30.3 Å². The molecule has 0 radical (unpaired) electrons. The van der Waals surface area contributed by atoms with E-state index >= 15 is 0 Å². The molecule has 5 nitrogen and oxygen atoms in total. The zero-order valence-corrected chi connectivity index (χ0v) is 16.4. The van der Waals surface area contributed by atoms with Crippen LogP contribution in [0.3, 0.4) is 0 Å². The number of hydrogen-bond acceptors (Lipinski definition) is 3. The first kappa shape index (κ1) is 19.6. The second-order valence-corrected chi connectivity index (χ2v) is 7.67. The summed E-state index contributed by atoms with van der Waals surface area (Å²) in [6.45, 7) is 2.25. The van der Waals surface area contributed by atoms with Crippen LogP contribution < -0.4 is 9.80 Å². The van der Waals surface area contributed by atoms with Gasteiger partial charge in [0.15, 0.2) is 0 Å². The fraction of sp³-hybridized carbons (Fsp3) is 0.333. The number of benzene rings is 2. The monoisotopic (exact) mass is 419 g/mol. The molecular formula is C21H20ClF2N3O2. The Morgan fingerprint density at radius 1 is 1.00 bits per heavy atom. The van der Waals surface area contributed by atoms with Crippen molar-refractivity contribution < 1.29 is 18.4 Å². The third-order valence-electron chi connectivity index (χ3n) is 5.47. The Morgan fingerprint density at radius 3 is 2.41 bits per heavy atom. The van der Waals surface area contributed by atoms with Crippen LogP contribution in [0.15, 0.2) is 42.5 Å². The smallest absolute Gasteiger partial charge is 0.228 e. The Kier molecular flexibility index (Phi) is 5.41. The van der Waals surface area contributed by atoms with E-state index in [-0.39, 0.29) is 35.6 Å². The molecule has 2 amide bonds. The highest BCUT2D eigenvalue weighted by Gasteiger charge is 2.38. The molecule has 0 N–H and O–H groups in total. The van der Waals surface area contributed by atoms with Crippen LogP contribution in [0.4, 0.5) is 20.2 Å². The summed E-state index contributed by atoms with van der Waals surface area (Å²) in [7, 11) is 0. The van der Waals surface area contributed by atoms with Gasteiger partial charge in [0.25, 0.3) is 0 Å². The lowest BCUT2D eigenvalue weighted by Crippen LogP contribution is -2.51. The zero-order valence-electron chi connectivity index (χ0n) is 15.7. The van der Waals surface area contributed by atoms with Gasteiger partial charge in [-0.15, -0.1) is 0 Å². The van der Waals surface area contributed by atoms with Gasteiger partial charge in [-0.25, -0.2) is 8.78 Å². The third kappa shape index (κ3) is 3.92. The van der Waals surface area contributed by atoms with E-state index in [1.165, 1.54) is 29.2 Å². The first-order valence-corrected chi connectivity index (χ1v) is 9.85. The number of amides is 2. The number of carbonyl (C=O) groups excluding carboxylic acids is 2. The lowest BCUT2D eigenvalue weighted by atomic mass is 10.1. The quantitative estimate of drug-likeness (QED) is 0.766. The lowest BCUT2D eigenvalue weighted by Gasteiger charge is -2.37. The Morgan fingerprint density at radius 2 is 1.72 bits per heavy atom. The van der Waals surface area contributed by atoms with Gasteiger partial charge in [-0.2, -0.15) is 0 Å². The van der Waals surface area contributed by atoms with Crippen molar-refractivity contribution in [2.45, 2.75) is 6.42 Å². The van der Waals surface area contributed by atoms with E-state index in [0.717, 1.165) is 0 Å². The van der Waals surface area contributed by atoms with E-state index in [2.05, 4.69) is 0 Å². The number of halogens is 3. The summed E-state index contributed by atoms with van der Waals surface area (Å²) in [6, 6.07) is 10.7. The van der Waals surface area contributed by atoms with Crippen molar-refractivity contribution in [2.75, 3.05) is 42.5 Å². The molecule has 2 aliphatic heterocycles. The minimum atomic E-state index is -0.553. The molecule has 8 heteroatoms. The van der Waals surface area contributed by atoms with Crippen molar-refractivity contribution in [1.82, 2.24) is 4.90 Å². The summed E-state index contributed by atoms with van der Waals surface area (Å²) < 4.78 is 27.4. The van der Waals surface area contributed by atoms with Gasteiger partial charge in [0, 0.05) is 44.8 Å². The molecule has 2 heterocycles. The molecular weight excluding hydrogens is 400 g/mol. The number of anilines is 2. The molecule has 1 unspecified atom stereocenters. The van der Waals surface area contributed by atoms with Crippen LogP contribution in [0.2, 0.25) is 5.02 Å². The molecule has 0 aromatic heterocycles. The molecule has 1 atom stereocenters. The standard InChI is InChI=1S/C21H20ClF2N3O2/c22-16-12-15(5-6-17(16)23)27-13-14(11-20(27)28)21(29)26-9-7-25(8-10-26)19-4-2-1-3-18(19)24/h1-6,12,14H,7-11,13H2. The first-order chi connectivity index (χ1) is 13.9. The van der Waals surface area contributed by atoms with Crippen molar-refractivity contribution >= 4 is 34.8 Å². The van der Waals surface area contributed by atoms with Crippen molar-refractivity contribution in [2.24, 2.45) is 5.92 Å². The van der Waals surface area contributed by atoms with Gasteiger partial charge in [0.1, 0.15) is 11.6 Å². The van der Waals surface area contributed by atoms with E-state index < -0.39 is 11.7 Å². The van der Waals surface area contributed by atoms with Crippen LogP contribution in [0.25, 0.3) is 0 Å². The number of para-hydroxylation sites is 1. The second-order valence-electron chi connectivity index (χ2n) is 7.27. The average molecular weight is 420 g/mol. The molecule has 2 aliphatic rings. The topological polar surface area (TPSA) is 43.9 Å². The van der Waals surface area contributed by atoms with Crippen LogP contribution in [-0.4, -0.2) is 49.4 Å². The number of rotatable bonds is 3. The van der Waals surface area contributed by atoms with E-state index in [1.807, 2.05) is 4.90 Å². The zero-order chi connectivity index (χ0) is 20.5. The molecule has 2 aromatic rings. The molecule has 2 fully saturated rings. The summed E-state index contributed by atoms with van der Waals surface area (Å²) >= 11 is 5.82. The average Bonchev–Trinajstić information content (AvgIpc) is 3.12. The molecule has 0 spiro atoms. The Hall–Kier alpha value is -2.67. The van der Waals surface area contributed by atoms with Gasteiger partial charge < -0.3 is 14.7 Å². The third-order valence-corrected chi connectivity index (χ3v) is 5.76. The molecule has 0 aliphatic carbocycles. The van der Waals surface area contributed by atoms with Crippen molar-refractivity contribution in [3.63, 3.8) is 0 Å². The largest absolute Gasteiger partial charge is 0.366 e. The Balaban J connectivity index is 1.39. The number of nitrogens with zero attached hydrogens (tertiary/aromatic N) is 3. The first-order valence-electron chi connectivity index (χ1n) is 9.47. The number of carbonyl (C=O) groups is 2. The van der Waals surface area contributed by atoms with Gasteiger partial charge in [0.05, 0.1) is 16.6 Å². The maximum absolute atomic E-state index is 14.0. The fourth-order valence-electron chi connectivity index (χ4n) is 3.91. The second kappa shape index (κ2) is 7.99. The molecule has 29 heavy (non-hydrogen) atoms. The SMILES string of the molecule is O=C(C1CC(=O)N(c2ccc(F)c(Cl)c2)C1)N1CCN(c2ccccc2F)CC1. The predicted molar refractivity (Wildman–Crippen MR) is 107 cm³/mol. The van der Waals surface area contributed by atoms with Gasteiger partial charge in [0.2, 0.25) is 11.8 Å². The number of hydrogen-bond donors (Lipinski definition) is 0. The summed E-state index contributed by atoms with van der Waals surface area (Å²) in [5.41, 5.74) is 1.02. The summed E-state index contributed by atoms with van der Waals surface area (Å²) in [4.78, 5) is 30.5. The minimum Gasteiger partial charge on any atom is -0.366 e. The van der Waals surface area contributed by atoms with E-state index in [9.17, 15) is 18.4 Å². The van der Waals surface area contributed by atoms with Gasteiger partial charge in [-0.1, -0.05) is 23.7 Å². The highest BCUT2D eigenvalue weighted by Crippen LogP contribution is 2.30. The van der Waals surface area contributed by atoms with Crippen LogP contribution in [0.5, 0.6) is 0 Å². The highest BCUT2D eigenvalue weighted by molar-refractivity contribution is 6.31. The molecule has 0 saturated carbocycles. The molecule has 2 saturated heterocycles. The predicted octanol–water partition coefficient (Wildman–Crippen LogP) is 3.32. The maximum atomic E-state index is 14.0. The minimum absolute atomic E-state index is 0.0608. The van der Waals surface area contributed by atoms with Crippen molar-refractivity contribution in [1.29, 1.82) is 0 Å². The van der Waals surface area contributed by atoms with Gasteiger partial charge >= 0.3 is 0 Å². The molecule has 0 bridgehead atoms. The van der Waals surface area contributed by atoms with Crippen molar-refractivity contribution in [3.8, 4) is 0 Å². The Labute approximate surface area is 172 Å². The normalized spacial score (nSPS) is 19.8. The van der Waals surface area contributed by atoms with Crippen LogP contribution in [-0.2, 0) is 9.59 Å². The fourth-order valence-corrected chi connectivity index (χ4v) is 4.08. The molecule has 2 aromatic carbocycles. The van der Waals surface area contributed by atoms with E-state index in [0.29, 0.717) is 37.6 Å². The Bertz CT molecular complexity index is 947. The molecule has 4 rings (SSSR count). The highest BCUT2D eigenvalue weighted by atomic mass is 35.5. The number of piperazine rings is 1. The molecule has 152 valence electrons. The summed E-state index contributed by atoms with van der Waals surface area (Å²) in [6.07, 6.45) is 0.112. The maximum Gasteiger partial charge on any atom is 0.228 e. The lowest BCUT2D eigenvalue weighted by molar-refractivity contribution is -0.136. The van der Waals surface area contributed by atoms with Crippen LogP contribution in [0, 0.1) is 17.6 Å². The van der Waals surface area contributed by atoms with Crippen LogP contribution >= 0.6 is 11.6 Å². The van der Waals surface area contributed by atoms with E-state index in [4.69, 9.17) is 11.6 Å². The summed E-state index contributed by atoms with van der Waals surface area (Å²) in [5, 5.41) is -0.0608. The van der Waals surface area contributed by atoms with Crippen LogP contribution in [0.1, 0.15) is 6.42 Å². The van der Waals surface area contributed by atoms with E-state index in [1.54, 1.807) is 23.1 Å². The summed E-state index contributed by atoms with van der Waals surface area (Å²) in [5.74, 6) is -1.55. The van der Waals surface area contributed by atoms with Crippen molar-refractivity contribution in [3.05, 3.63) is 59.1 Å².